The third-order valence-corrected chi connectivity index (χ3v) is 3.27. The molecule has 0 aliphatic heterocycles. The van der Waals surface area contributed by atoms with Gasteiger partial charge in [-0.15, -0.1) is 0 Å². The number of methoxy groups -OCH3 is 1. The summed E-state index contributed by atoms with van der Waals surface area (Å²) in [4.78, 5) is 2.32. The van der Waals surface area contributed by atoms with E-state index in [2.05, 4.69) is 56.2 Å². The van der Waals surface area contributed by atoms with Gasteiger partial charge in [0.15, 0.2) is 0 Å². The smallest absolute Gasteiger partial charge is 0.122 e. The minimum Gasteiger partial charge on any atom is -0.496 e. The molecule has 0 radical (unpaired) electrons. The highest BCUT2D eigenvalue weighted by molar-refractivity contribution is 5.41. The van der Waals surface area contributed by atoms with Crippen molar-refractivity contribution in [3.63, 3.8) is 0 Å². The number of hydrogen-bond acceptors (Lipinski definition) is 3. The van der Waals surface area contributed by atoms with Crippen LogP contribution < -0.4 is 10.1 Å². The topological polar surface area (TPSA) is 24.5 Å². The van der Waals surface area contributed by atoms with E-state index in [9.17, 15) is 0 Å². The minimum absolute atomic E-state index is 0.102. The molecule has 1 aromatic rings. The van der Waals surface area contributed by atoms with Crippen LogP contribution in [-0.2, 0) is 12.0 Å². The molecule has 0 aliphatic carbocycles. The zero-order valence-electron chi connectivity index (χ0n) is 13.2. The molecule has 0 spiro atoms. The molecule has 0 saturated heterocycles. The van der Waals surface area contributed by atoms with Crippen LogP contribution in [0.5, 0.6) is 5.75 Å². The largest absolute Gasteiger partial charge is 0.496 e. The first kappa shape index (κ1) is 16.0. The Bertz CT molecular complexity index is 396. The van der Waals surface area contributed by atoms with Gasteiger partial charge < -0.3 is 15.0 Å². The van der Waals surface area contributed by atoms with Crippen molar-refractivity contribution in [2.45, 2.75) is 32.7 Å². The highest BCUT2D eigenvalue weighted by Gasteiger charge is 2.19. The van der Waals surface area contributed by atoms with Gasteiger partial charge in [-0.2, -0.15) is 0 Å². The SMILES string of the molecule is CNCCN(C)Cc1ccc(OC)c(C(C)(C)C)c1. The second-order valence-electron chi connectivity index (χ2n) is 6.13. The van der Waals surface area contributed by atoms with Crippen LogP contribution in [0.15, 0.2) is 18.2 Å². The molecule has 0 unspecified atom stereocenters. The van der Waals surface area contributed by atoms with Crippen LogP contribution in [0.1, 0.15) is 31.9 Å². The Morgan fingerprint density at radius 2 is 1.95 bits per heavy atom. The van der Waals surface area contributed by atoms with Crippen LogP contribution in [0.4, 0.5) is 0 Å². The summed E-state index contributed by atoms with van der Waals surface area (Å²) in [5, 5.41) is 3.18. The first-order valence-corrected chi connectivity index (χ1v) is 6.89. The van der Waals surface area contributed by atoms with Gasteiger partial charge in [0, 0.05) is 19.6 Å². The van der Waals surface area contributed by atoms with Crippen molar-refractivity contribution in [2.75, 3.05) is 34.3 Å². The predicted octanol–water partition coefficient (Wildman–Crippen LogP) is 2.64. The maximum atomic E-state index is 5.47. The Morgan fingerprint density at radius 1 is 1.26 bits per heavy atom. The van der Waals surface area contributed by atoms with Crippen molar-refractivity contribution in [1.82, 2.24) is 10.2 Å². The Labute approximate surface area is 118 Å². The number of likely N-dealkylation sites (N-methyl/N-ethyl adjacent to an activating group) is 2. The van der Waals surface area contributed by atoms with Gasteiger partial charge in [0.25, 0.3) is 0 Å². The molecule has 3 nitrogen and oxygen atoms in total. The summed E-state index contributed by atoms with van der Waals surface area (Å²) in [6, 6.07) is 6.51. The van der Waals surface area contributed by atoms with Crippen LogP contribution in [-0.4, -0.2) is 39.2 Å². The lowest BCUT2D eigenvalue weighted by molar-refractivity contribution is 0.327. The number of nitrogens with one attached hydrogen (secondary N) is 1. The lowest BCUT2D eigenvalue weighted by Crippen LogP contribution is -2.27. The minimum atomic E-state index is 0.102. The molecule has 0 amide bonds. The van der Waals surface area contributed by atoms with Gasteiger partial charge in [-0.25, -0.2) is 0 Å². The second-order valence-corrected chi connectivity index (χ2v) is 6.13. The van der Waals surface area contributed by atoms with Gasteiger partial charge in [-0.05, 0) is 36.7 Å². The molecule has 0 heterocycles. The molecule has 0 aromatic heterocycles. The number of hydrogen-bond donors (Lipinski definition) is 1. The van der Waals surface area contributed by atoms with Crippen LogP contribution in [0.3, 0.4) is 0 Å². The third kappa shape index (κ3) is 4.84. The highest BCUT2D eigenvalue weighted by Crippen LogP contribution is 2.32. The Balaban J connectivity index is 2.86. The van der Waals surface area contributed by atoms with Crippen molar-refractivity contribution >= 4 is 0 Å². The molecule has 1 N–H and O–H groups in total. The molecular weight excluding hydrogens is 236 g/mol. The van der Waals surface area contributed by atoms with Crippen molar-refractivity contribution in [3.05, 3.63) is 29.3 Å². The number of ether oxygens (including phenoxy) is 1. The van der Waals surface area contributed by atoms with Crippen molar-refractivity contribution in [3.8, 4) is 5.75 Å². The lowest BCUT2D eigenvalue weighted by Gasteiger charge is -2.24. The van der Waals surface area contributed by atoms with E-state index in [1.54, 1.807) is 7.11 Å². The van der Waals surface area contributed by atoms with Crippen molar-refractivity contribution in [1.29, 1.82) is 0 Å². The monoisotopic (exact) mass is 264 g/mol. The zero-order chi connectivity index (χ0) is 14.5. The molecule has 0 saturated carbocycles. The standard InChI is InChI=1S/C16H28N2O/c1-16(2,3)14-11-13(7-8-15(14)19-6)12-18(5)10-9-17-4/h7-8,11,17H,9-10,12H2,1-6H3. The average molecular weight is 264 g/mol. The molecule has 1 rings (SSSR count). The molecule has 3 heteroatoms. The van der Waals surface area contributed by atoms with E-state index in [1.807, 2.05) is 7.05 Å². The summed E-state index contributed by atoms with van der Waals surface area (Å²) < 4.78 is 5.47. The summed E-state index contributed by atoms with van der Waals surface area (Å²) in [6.07, 6.45) is 0. The van der Waals surface area contributed by atoms with E-state index in [-0.39, 0.29) is 5.41 Å². The number of rotatable bonds is 6. The van der Waals surface area contributed by atoms with E-state index >= 15 is 0 Å². The number of nitrogens with zero attached hydrogens (tertiary/aromatic N) is 1. The fourth-order valence-corrected chi connectivity index (χ4v) is 2.13. The zero-order valence-corrected chi connectivity index (χ0v) is 13.2. The predicted molar refractivity (Wildman–Crippen MR) is 82.0 cm³/mol. The van der Waals surface area contributed by atoms with Crippen LogP contribution >= 0.6 is 0 Å². The van der Waals surface area contributed by atoms with Gasteiger partial charge in [0.2, 0.25) is 0 Å². The maximum Gasteiger partial charge on any atom is 0.122 e. The summed E-state index contributed by atoms with van der Waals surface area (Å²) >= 11 is 0. The molecule has 108 valence electrons. The lowest BCUT2D eigenvalue weighted by atomic mass is 9.85. The molecule has 0 aliphatic rings. The summed E-state index contributed by atoms with van der Waals surface area (Å²) in [5.74, 6) is 0.981. The first-order chi connectivity index (χ1) is 8.88. The van der Waals surface area contributed by atoms with E-state index < -0.39 is 0 Å². The molecular formula is C16H28N2O. The van der Waals surface area contributed by atoms with E-state index in [0.717, 1.165) is 25.4 Å². The van der Waals surface area contributed by atoms with E-state index in [1.165, 1.54) is 11.1 Å². The first-order valence-electron chi connectivity index (χ1n) is 6.89. The van der Waals surface area contributed by atoms with Gasteiger partial charge in [-0.1, -0.05) is 32.9 Å². The van der Waals surface area contributed by atoms with Crippen LogP contribution in [0, 0.1) is 0 Å². The van der Waals surface area contributed by atoms with Gasteiger partial charge in [0.05, 0.1) is 7.11 Å². The second kappa shape index (κ2) is 6.92. The Hall–Kier alpha value is -1.06. The van der Waals surface area contributed by atoms with Gasteiger partial charge >= 0.3 is 0 Å². The van der Waals surface area contributed by atoms with Crippen molar-refractivity contribution in [2.24, 2.45) is 0 Å². The van der Waals surface area contributed by atoms with Crippen LogP contribution in [0.2, 0.25) is 0 Å². The quantitative estimate of drug-likeness (QED) is 0.855. The summed E-state index contributed by atoms with van der Waals surface area (Å²) in [6.45, 7) is 9.69. The normalized spacial score (nSPS) is 11.9. The fourth-order valence-electron chi connectivity index (χ4n) is 2.13. The maximum absolute atomic E-state index is 5.47. The van der Waals surface area contributed by atoms with Gasteiger partial charge in [0.1, 0.15) is 5.75 Å². The van der Waals surface area contributed by atoms with E-state index in [4.69, 9.17) is 4.74 Å². The fraction of sp³-hybridized carbons (Fsp3) is 0.625. The summed E-state index contributed by atoms with van der Waals surface area (Å²) in [7, 11) is 5.88. The van der Waals surface area contributed by atoms with Crippen LogP contribution in [0.25, 0.3) is 0 Å². The molecule has 1 aromatic carbocycles. The molecule has 0 atom stereocenters. The average Bonchev–Trinajstić information content (AvgIpc) is 2.35. The highest BCUT2D eigenvalue weighted by atomic mass is 16.5. The molecule has 19 heavy (non-hydrogen) atoms. The third-order valence-electron chi connectivity index (χ3n) is 3.27. The van der Waals surface area contributed by atoms with E-state index in [0.29, 0.717) is 0 Å². The van der Waals surface area contributed by atoms with Gasteiger partial charge in [-0.3, -0.25) is 0 Å². The Kier molecular flexibility index (Phi) is 5.83. The summed E-state index contributed by atoms with van der Waals surface area (Å²) in [5.41, 5.74) is 2.71. The molecule has 0 fully saturated rings. The van der Waals surface area contributed by atoms with Crippen molar-refractivity contribution < 1.29 is 4.74 Å². The number of benzene rings is 1. The Morgan fingerprint density at radius 3 is 2.47 bits per heavy atom. The molecule has 0 bridgehead atoms.